The summed E-state index contributed by atoms with van der Waals surface area (Å²) in [6, 6.07) is 0. The largest absolute Gasteiger partial charge is 0.395 e. The van der Waals surface area contributed by atoms with E-state index in [2.05, 4.69) is 12.6 Å². The highest BCUT2D eigenvalue weighted by Crippen LogP contribution is 1.92. The van der Waals surface area contributed by atoms with Crippen LogP contribution in [0.5, 0.6) is 0 Å². The number of nitrogens with zero attached hydrogens (tertiary/aromatic N) is 1. The zero-order valence-corrected chi connectivity index (χ0v) is 8.04. The van der Waals surface area contributed by atoms with Crippen molar-refractivity contribution >= 4 is 24.3 Å². The maximum absolute atomic E-state index is 11.2. The quantitative estimate of drug-likeness (QED) is 0.358. The number of carbonyl (C=O) groups is 2. The summed E-state index contributed by atoms with van der Waals surface area (Å²) >= 11 is 3.66. The van der Waals surface area contributed by atoms with Crippen molar-refractivity contribution in [3.63, 3.8) is 0 Å². The number of rotatable bonds is 6. The lowest BCUT2D eigenvalue weighted by Gasteiger charge is -2.18. The zero-order chi connectivity index (χ0) is 10.3. The van der Waals surface area contributed by atoms with E-state index in [4.69, 9.17) is 10.2 Å². The minimum Gasteiger partial charge on any atom is -0.395 e. The van der Waals surface area contributed by atoms with E-state index in [1.54, 1.807) is 0 Å². The van der Waals surface area contributed by atoms with E-state index in [1.807, 2.05) is 0 Å². The van der Waals surface area contributed by atoms with Gasteiger partial charge in [0.25, 0.3) is 5.91 Å². The van der Waals surface area contributed by atoms with Gasteiger partial charge >= 0.3 is 0 Å². The van der Waals surface area contributed by atoms with Crippen molar-refractivity contribution in [1.82, 2.24) is 4.90 Å². The fourth-order valence-electron chi connectivity index (χ4n) is 0.800. The van der Waals surface area contributed by atoms with Crippen LogP contribution in [0.1, 0.15) is 0 Å². The molecular weight excluding hydrogens is 194 g/mol. The Morgan fingerprint density at radius 3 is 1.92 bits per heavy atom. The average molecular weight is 207 g/mol. The van der Waals surface area contributed by atoms with Crippen LogP contribution < -0.4 is 0 Å². The number of hydrogen-bond donors (Lipinski definition) is 3. The highest BCUT2D eigenvalue weighted by molar-refractivity contribution is 7.81. The average Bonchev–Trinajstić information content (AvgIpc) is 2.15. The van der Waals surface area contributed by atoms with Crippen molar-refractivity contribution < 1.29 is 19.8 Å². The summed E-state index contributed by atoms with van der Waals surface area (Å²) in [6.45, 7) is -0.352. The number of amides is 1. The first kappa shape index (κ1) is 12.4. The molecule has 0 atom stereocenters. The molecule has 0 aromatic carbocycles. The Kier molecular flexibility index (Phi) is 6.56. The summed E-state index contributed by atoms with van der Waals surface area (Å²) in [6.07, 6.45) is 0. The number of carbonyl (C=O) groups excluding carboxylic acids is 2. The molecule has 0 aliphatic rings. The monoisotopic (exact) mass is 207 g/mol. The topological polar surface area (TPSA) is 77.8 Å². The number of aliphatic hydroxyl groups excluding tert-OH is 2. The minimum atomic E-state index is -0.710. The SMILES string of the molecule is O=C(CS)C(=O)N(CCO)CCO. The van der Waals surface area contributed by atoms with Gasteiger partial charge in [0.05, 0.1) is 19.0 Å². The van der Waals surface area contributed by atoms with Crippen molar-refractivity contribution in [1.29, 1.82) is 0 Å². The molecule has 0 saturated carbocycles. The molecule has 0 radical (unpaired) electrons. The first-order valence-electron chi connectivity index (χ1n) is 3.82. The Bertz CT molecular complexity index is 179. The van der Waals surface area contributed by atoms with Crippen LogP contribution in [0.2, 0.25) is 0 Å². The predicted molar refractivity (Wildman–Crippen MR) is 49.6 cm³/mol. The summed E-state index contributed by atoms with van der Waals surface area (Å²) in [4.78, 5) is 23.1. The zero-order valence-electron chi connectivity index (χ0n) is 7.14. The van der Waals surface area contributed by atoms with Crippen LogP contribution in [-0.4, -0.2) is 58.9 Å². The van der Waals surface area contributed by atoms with E-state index < -0.39 is 11.7 Å². The molecule has 0 aromatic rings. The summed E-state index contributed by atoms with van der Waals surface area (Å²) in [5.41, 5.74) is 0. The molecule has 0 bridgehead atoms. The summed E-state index contributed by atoms with van der Waals surface area (Å²) in [5.74, 6) is -1.50. The van der Waals surface area contributed by atoms with E-state index in [9.17, 15) is 9.59 Å². The molecule has 0 spiro atoms. The van der Waals surface area contributed by atoms with E-state index in [1.165, 1.54) is 0 Å². The third kappa shape index (κ3) is 4.25. The van der Waals surface area contributed by atoms with Crippen LogP contribution >= 0.6 is 12.6 Å². The Hall–Kier alpha value is -0.590. The molecule has 5 nitrogen and oxygen atoms in total. The molecule has 0 fully saturated rings. The molecule has 76 valence electrons. The van der Waals surface area contributed by atoms with Gasteiger partial charge in [-0.05, 0) is 0 Å². The van der Waals surface area contributed by atoms with Gasteiger partial charge in [0.15, 0.2) is 0 Å². The van der Waals surface area contributed by atoms with E-state index in [0.29, 0.717) is 0 Å². The lowest BCUT2D eigenvalue weighted by atomic mass is 10.3. The Labute approximate surface area is 81.8 Å². The minimum absolute atomic E-state index is 0.0545. The standard InChI is InChI=1S/C7H13NO4S/c9-3-1-8(2-4-10)7(12)6(11)5-13/h9-10,13H,1-5H2. The third-order valence-corrected chi connectivity index (χ3v) is 1.70. The molecule has 1 amide bonds. The van der Waals surface area contributed by atoms with Crippen LogP contribution in [0.25, 0.3) is 0 Å². The van der Waals surface area contributed by atoms with Gasteiger partial charge in [0.1, 0.15) is 0 Å². The number of hydrogen-bond acceptors (Lipinski definition) is 5. The van der Waals surface area contributed by atoms with Gasteiger partial charge in [0, 0.05) is 13.1 Å². The highest BCUT2D eigenvalue weighted by Gasteiger charge is 2.18. The van der Waals surface area contributed by atoms with Crippen LogP contribution in [0.3, 0.4) is 0 Å². The first-order chi connectivity index (χ1) is 6.17. The van der Waals surface area contributed by atoms with Crippen LogP contribution in [0, 0.1) is 0 Å². The number of Topliss-reactive ketones (excluding diaryl/α,β-unsaturated/α-hetero) is 1. The van der Waals surface area contributed by atoms with Gasteiger partial charge in [-0.25, -0.2) is 0 Å². The molecular formula is C7H13NO4S. The van der Waals surface area contributed by atoms with Gasteiger partial charge in [-0.15, -0.1) is 0 Å². The second kappa shape index (κ2) is 6.88. The molecule has 0 heterocycles. The van der Waals surface area contributed by atoms with Crippen molar-refractivity contribution in [3.8, 4) is 0 Å². The van der Waals surface area contributed by atoms with E-state index in [0.717, 1.165) is 4.90 Å². The second-order valence-electron chi connectivity index (χ2n) is 2.32. The predicted octanol–water partition coefficient (Wildman–Crippen LogP) is -1.70. The lowest BCUT2D eigenvalue weighted by Crippen LogP contribution is -2.40. The van der Waals surface area contributed by atoms with Crippen molar-refractivity contribution in [2.45, 2.75) is 0 Å². The van der Waals surface area contributed by atoms with Crippen molar-refractivity contribution in [2.24, 2.45) is 0 Å². The fourth-order valence-corrected chi connectivity index (χ4v) is 0.936. The van der Waals surface area contributed by atoms with Crippen LogP contribution in [-0.2, 0) is 9.59 Å². The Morgan fingerprint density at radius 1 is 1.15 bits per heavy atom. The fraction of sp³-hybridized carbons (Fsp3) is 0.714. The van der Waals surface area contributed by atoms with Crippen LogP contribution in [0.15, 0.2) is 0 Å². The van der Waals surface area contributed by atoms with Crippen molar-refractivity contribution in [3.05, 3.63) is 0 Å². The van der Waals surface area contributed by atoms with Crippen LogP contribution in [0.4, 0.5) is 0 Å². The number of ketones is 1. The Balaban J connectivity index is 4.18. The highest BCUT2D eigenvalue weighted by atomic mass is 32.1. The van der Waals surface area contributed by atoms with Gasteiger partial charge < -0.3 is 15.1 Å². The molecule has 2 N–H and O–H groups in total. The first-order valence-corrected chi connectivity index (χ1v) is 4.45. The molecule has 0 unspecified atom stereocenters. The molecule has 13 heavy (non-hydrogen) atoms. The lowest BCUT2D eigenvalue weighted by molar-refractivity contribution is -0.144. The normalized spacial score (nSPS) is 9.77. The van der Waals surface area contributed by atoms with Gasteiger partial charge in [-0.2, -0.15) is 12.6 Å². The van der Waals surface area contributed by atoms with E-state index >= 15 is 0 Å². The van der Waals surface area contributed by atoms with E-state index in [-0.39, 0.29) is 32.1 Å². The Morgan fingerprint density at radius 2 is 1.62 bits per heavy atom. The molecule has 6 heteroatoms. The molecule has 0 saturated heterocycles. The molecule has 0 aromatic heterocycles. The number of thiol groups is 1. The number of aliphatic hydroxyl groups is 2. The van der Waals surface area contributed by atoms with Gasteiger partial charge in [0.2, 0.25) is 5.78 Å². The smallest absolute Gasteiger partial charge is 0.290 e. The van der Waals surface area contributed by atoms with Gasteiger partial charge in [-0.3, -0.25) is 9.59 Å². The summed E-state index contributed by atoms with van der Waals surface area (Å²) in [7, 11) is 0. The molecule has 0 aliphatic carbocycles. The summed E-state index contributed by atoms with van der Waals surface area (Å²) in [5, 5.41) is 17.1. The second-order valence-corrected chi connectivity index (χ2v) is 2.64. The van der Waals surface area contributed by atoms with Gasteiger partial charge in [-0.1, -0.05) is 0 Å². The van der Waals surface area contributed by atoms with Crippen molar-refractivity contribution in [2.75, 3.05) is 32.1 Å². The molecule has 0 rings (SSSR count). The maximum atomic E-state index is 11.2. The molecule has 0 aliphatic heterocycles. The summed E-state index contributed by atoms with van der Waals surface area (Å²) < 4.78 is 0. The maximum Gasteiger partial charge on any atom is 0.290 e. The third-order valence-electron chi connectivity index (χ3n) is 1.41.